The van der Waals surface area contributed by atoms with Crippen LogP contribution in [0.5, 0.6) is 0 Å². The summed E-state index contributed by atoms with van der Waals surface area (Å²) in [4.78, 5) is 25.7. The summed E-state index contributed by atoms with van der Waals surface area (Å²) in [5.74, 6) is -0.223. The number of hydrogen-bond acceptors (Lipinski definition) is 3. The molecule has 0 spiro atoms. The molecule has 4 heteroatoms. The van der Waals surface area contributed by atoms with Gasteiger partial charge < -0.3 is 5.32 Å². The lowest BCUT2D eigenvalue weighted by molar-refractivity contribution is -0.140. The van der Waals surface area contributed by atoms with E-state index in [1.54, 1.807) is 0 Å². The van der Waals surface area contributed by atoms with Gasteiger partial charge in [0.05, 0.1) is 6.42 Å². The third-order valence-corrected chi connectivity index (χ3v) is 3.76. The van der Waals surface area contributed by atoms with E-state index in [4.69, 9.17) is 0 Å². The second-order valence-corrected chi connectivity index (χ2v) is 6.89. The lowest BCUT2D eigenvalue weighted by atomic mass is 9.85. The molecule has 4 nitrogen and oxygen atoms in total. The molecule has 1 saturated heterocycles. The quantitative estimate of drug-likeness (QED) is 0.870. The minimum absolute atomic E-state index is 0.0208. The molecule has 2 amide bonds. The minimum atomic E-state index is -0.455. The molecule has 0 aliphatic carbocycles. The van der Waals surface area contributed by atoms with Crippen LogP contribution >= 0.6 is 0 Å². The van der Waals surface area contributed by atoms with Crippen LogP contribution in [0.2, 0.25) is 0 Å². The van der Waals surface area contributed by atoms with Crippen LogP contribution < -0.4 is 5.32 Å². The fourth-order valence-corrected chi connectivity index (χ4v) is 2.76. The SMILES string of the molecule is CC(C)N1C(=O)CC(Nc2ccccc2C(C)(C)C)C1=O. The Kier molecular flexibility index (Phi) is 4.08. The number of benzene rings is 1. The molecule has 2 rings (SSSR count). The fraction of sp³-hybridized carbons (Fsp3) is 0.529. The molecule has 1 fully saturated rings. The standard InChI is InChI=1S/C17H24N2O2/c1-11(2)19-15(20)10-14(16(19)21)18-13-9-7-6-8-12(13)17(3,4)5/h6-9,11,14,18H,10H2,1-5H3. The highest BCUT2D eigenvalue weighted by Crippen LogP contribution is 2.31. The van der Waals surface area contributed by atoms with Crippen molar-refractivity contribution in [1.82, 2.24) is 4.90 Å². The summed E-state index contributed by atoms with van der Waals surface area (Å²) < 4.78 is 0. The Bertz CT molecular complexity index is 558. The number of amides is 2. The summed E-state index contributed by atoms with van der Waals surface area (Å²) in [6.45, 7) is 10.1. The van der Waals surface area contributed by atoms with E-state index in [2.05, 4.69) is 32.2 Å². The van der Waals surface area contributed by atoms with Gasteiger partial charge in [-0.2, -0.15) is 0 Å². The Labute approximate surface area is 126 Å². The monoisotopic (exact) mass is 288 g/mol. The van der Waals surface area contributed by atoms with Crippen molar-refractivity contribution in [3.63, 3.8) is 0 Å². The number of likely N-dealkylation sites (tertiary alicyclic amines) is 1. The van der Waals surface area contributed by atoms with Gasteiger partial charge in [0, 0.05) is 11.7 Å². The molecule has 0 radical (unpaired) electrons. The lowest BCUT2D eigenvalue weighted by Crippen LogP contribution is -2.39. The van der Waals surface area contributed by atoms with Crippen LogP contribution in [0, 0.1) is 0 Å². The van der Waals surface area contributed by atoms with Crippen LogP contribution in [0.1, 0.15) is 46.6 Å². The highest BCUT2D eigenvalue weighted by atomic mass is 16.2. The van der Waals surface area contributed by atoms with Crippen molar-refractivity contribution in [1.29, 1.82) is 0 Å². The van der Waals surface area contributed by atoms with Crippen molar-refractivity contribution in [3.8, 4) is 0 Å². The molecule has 1 heterocycles. The molecule has 1 unspecified atom stereocenters. The molecule has 114 valence electrons. The van der Waals surface area contributed by atoms with Crippen LogP contribution in [-0.2, 0) is 15.0 Å². The molecule has 1 aromatic carbocycles. The topological polar surface area (TPSA) is 49.4 Å². The molecular weight excluding hydrogens is 264 g/mol. The zero-order chi connectivity index (χ0) is 15.8. The molecule has 1 atom stereocenters. The van der Waals surface area contributed by atoms with Gasteiger partial charge in [-0.1, -0.05) is 39.0 Å². The third kappa shape index (κ3) is 3.09. The average Bonchev–Trinajstić information content (AvgIpc) is 2.63. The number of nitrogens with one attached hydrogen (secondary N) is 1. The molecule has 1 aliphatic rings. The van der Waals surface area contributed by atoms with E-state index in [-0.39, 0.29) is 29.7 Å². The van der Waals surface area contributed by atoms with Gasteiger partial charge >= 0.3 is 0 Å². The second-order valence-electron chi connectivity index (χ2n) is 6.89. The van der Waals surface area contributed by atoms with E-state index in [1.807, 2.05) is 32.0 Å². The van der Waals surface area contributed by atoms with E-state index in [1.165, 1.54) is 4.90 Å². The Balaban J connectivity index is 2.25. The smallest absolute Gasteiger partial charge is 0.252 e. The largest absolute Gasteiger partial charge is 0.373 e. The summed E-state index contributed by atoms with van der Waals surface area (Å²) in [5.41, 5.74) is 2.06. The predicted molar refractivity (Wildman–Crippen MR) is 84.2 cm³/mol. The first-order valence-electron chi connectivity index (χ1n) is 7.43. The number of para-hydroxylation sites is 1. The normalized spacial score (nSPS) is 19.5. The zero-order valence-corrected chi connectivity index (χ0v) is 13.4. The van der Waals surface area contributed by atoms with Crippen molar-refractivity contribution in [3.05, 3.63) is 29.8 Å². The summed E-state index contributed by atoms with van der Waals surface area (Å²) in [5, 5.41) is 3.27. The van der Waals surface area contributed by atoms with Gasteiger partial charge in [0.2, 0.25) is 5.91 Å². The van der Waals surface area contributed by atoms with Crippen LogP contribution in [0.4, 0.5) is 5.69 Å². The highest BCUT2D eigenvalue weighted by Gasteiger charge is 2.40. The average molecular weight is 288 g/mol. The molecule has 1 N–H and O–H groups in total. The van der Waals surface area contributed by atoms with E-state index < -0.39 is 6.04 Å². The summed E-state index contributed by atoms with van der Waals surface area (Å²) >= 11 is 0. The maximum absolute atomic E-state index is 12.4. The van der Waals surface area contributed by atoms with Gasteiger partial charge in [-0.15, -0.1) is 0 Å². The van der Waals surface area contributed by atoms with Gasteiger partial charge in [-0.25, -0.2) is 0 Å². The molecule has 21 heavy (non-hydrogen) atoms. The number of anilines is 1. The van der Waals surface area contributed by atoms with E-state index in [0.29, 0.717) is 0 Å². The van der Waals surface area contributed by atoms with Crippen LogP contribution in [0.25, 0.3) is 0 Å². The molecule has 0 bridgehead atoms. The van der Waals surface area contributed by atoms with Crippen molar-refractivity contribution < 1.29 is 9.59 Å². The predicted octanol–water partition coefficient (Wildman–Crippen LogP) is 2.93. The third-order valence-electron chi connectivity index (χ3n) is 3.76. The zero-order valence-electron chi connectivity index (χ0n) is 13.4. The molecule has 1 aromatic rings. The van der Waals surface area contributed by atoms with Gasteiger partial charge in [-0.05, 0) is 30.9 Å². The number of imide groups is 1. The number of carbonyl (C=O) groups excluding carboxylic acids is 2. The minimum Gasteiger partial charge on any atom is -0.373 e. The Morgan fingerprint density at radius 1 is 1.19 bits per heavy atom. The first-order chi connectivity index (χ1) is 9.71. The second kappa shape index (κ2) is 5.51. The molecule has 1 aliphatic heterocycles. The first kappa shape index (κ1) is 15.5. The number of hydrogen-bond donors (Lipinski definition) is 1. The molecule has 0 saturated carbocycles. The van der Waals surface area contributed by atoms with Gasteiger partial charge in [0.25, 0.3) is 5.91 Å². The summed E-state index contributed by atoms with van der Waals surface area (Å²) in [6, 6.07) is 7.42. The van der Waals surface area contributed by atoms with Crippen LogP contribution in [-0.4, -0.2) is 28.8 Å². The van der Waals surface area contributed by atoms with Crippen LogP contribution in [0.3, 0.4) is 0 Å². The van der Waals surface area contributed by atoms with Crippen molar-refractivity contribution in [2.45, 2.75) is 58.5 Å². The van der Waals surface area contributed by atoms with Gasteiger partial charge in [0.15, 0.2) is 0 Å². The molecular formula is C17H24N2O2. The maximum Gasteiger partial charge on any atom is 0.252 e. The Morgan fingerprint density at radius 2 is 1.81 bits per heavy atom. The Hall–Kier alpha value is -1.84. The summed E-state index contributed by atoms with van der Waals surface area (Å²) in [7, 11) is 0. The lowest BCUT2D eigenvalue weighted by Gasteiger charge is -2.25. The highest BCUT2D eigenvalue weighted by molar-refractivity contribution is 6.07. The molecule has 0 aromatic heterocycles. The Morgan fingerprint density at radius 3 is 2.33 bits per heavy atom. The van der Waals surface area contributed by atoms with Crippen molar-refractivity contribution >= 4 is 17.5 Å². The van der Waals surface area contributed by atoms with E-state index in [9.17, 15) is 9.59 Å². The van der Waals surface area contributed by atoms with Gasteiger partial charge in [-0.3, -0.25) is 14.5 Å². The van der Waals surface area contributed by atoms with Crippen molar-refractivity contribution in [2.24, 2.45) is 0 Å². The first-order valence-corrected chi connectivity index (χ1v) is 7.43. The van der Waals surface area contributed by atoms with E-state index in [0.717, 1.165) is 11.3 Å². The maximum atomic E-state index is 12.4. The van der Waals surface area contributed by atoms with E-state index >= 15 is 0 Å². The van der Waals surface area contributed by atoms with Gasteiger partial charge in [0.1, 0.15) is 6.04 Å². The van der Waals surface area contributed by atoms with Crippen LogP contribution in [0.15, 0.2) is 24.3 Å². The number of nitrogens with zero attached hydrogens (tertiary/aromatic N) is 1. The van der Waals surface area contributed by atoms with Crippen molar-refractivity contribution in [2.75, 3.05) is 5.32 Å². The number of rotatable bonds is 3. The fourth-order valence-electron chi connectivity index (χ4n) is 2.76. The summed E-state index contributed by atoms with van der Waals surface area (Å²) in [6.07, 6.45) is 0.232. The number of carbonyl (C=O) groups is 2.